The third kappa shape index (κ3) is 3.01. The third-order valence-electron chi connectivity index (χ3n) is 5.52. The average molecular weight is 353 g/mol. The van der Waals surface area contributed by atoms with Gasteiger partial charge in [-0.05, 0) is 31.0 Å². The van der Waals surface area contributed by atoms with Crippen molar-refractivity contribution in [2.45, 2.75) is 43.4 Å². The summed E-state index contributed by atoms with van der Waals surface area (Å²) < 4.78 is 5.21. The summed E-state index contributed by atoms with van der Waals surface area (Å²) in [5.74, 6) is 0.704. The summed E-state index contributed by atoms with van der Waals surface area (Å²) in [7, 11) is 1.60. The molecule has 2 fully saturated rings. The van der Waals surface area contributed by atoms with Gasteiger partial charge in [-0.15, -0.1) is 0 Å². The van der Waals surface area contributed by atoms with E-state index in [0.717, 1.165) is 18.4 Å². The van der Waals surface area contributed by atoms with E-state index in [1.54, 1.807) is 25.6 Å². The molecular weight excluding hydrogens is 330 g/mol. The van der Waals surface area contributed by atoms with Crippen molar-refractivity contribution in [1.29, 1.82) is 0 Å². The van der Waals surface area contributed by atoms with E-state index in [1.807, 2.05) is 35.2 Å². The van der Waals surface area contributed by atoms with Crippen molar-refractivity contribution in [2.75, 3.05) is 12.4 Å². The number of carbonyl (C=O) groups excluding carboxylic acids is 1. The van der Waals surface area contributed by atoms with Crippen LogP contribution in [0, 0.1) is 0 Å². The number of rotatable bonds is 3. The zero-order valence-corrected chi connectivity index (χ0v) is 14.8. The van der Waals surface area contributed by atoms with Crippen LogP contribution in [0.1, 0.15) is 31.2 Å². The Bertz CT molecular complexity index is 782. The first-order valence-corrected chi connectivity index (χ1v) is 8.95. The number of nitrogens with zero attached hydrogens (tertiary/aromatic N) is 2. The maximum Gasteiger partial charge on any atom is 0.322 e. The Hall–Kier alpha value is -2.60. The number of anilines is 1. The summed E-state index contributed by atoms with van der Waals surface area (Å²) >= 11 is 0. The number of benzene rings is 1. The first-order valence-electron chi connectivity index (χ1n) is 8.95. The van der Waals surface area contributed by atoms with E-state index in [2.05, 4.69) is 10.3 Å². The molecule has 2 aliphatic rings. The zero-order valence-electron chi connectivity index (χ0n) is 14.8. The van der Waals surface area contributed by atoms with Gasteiger partial charge in [0.05, 0.1) is 12.7 Å². The highest BCUT2D eigenvalue weighted by atomic mass is 16.5. The lowest BCUT2D eigenvalue weighted by atomic mass is 9.81. The number of nitrogens with one attached hydrogen (secondary N) is 1. The molecule has 2 saturated heterocycles. The van der Waals surface area contributed by atoms with Gasteiger partial charge in [-0.3, -0.25) is 4.98 Å². The lowest BCUT2D eigenvalue weighted by Gasteiger charge is -2.43. The minimum absolute atomic E-state index is 0.0320. The van der Waals surface area contributed by atoms with Crippen LogP contribution in [0.15, 0.2) is 48.8 Å². The number of amides is 2. The number of piperidine rings is 1. The number of hydrogen-bond acceptors (Lipinski definition) is 4. The molecule has 2 aromatic rings. The van der Waals surface area contributed by atoms with Gasteiger partial charge in [-0.25, -0.2) is 4.79 Å². The molecule has 0 unspecified atom stereocenters. The predicted molar refractivity (Wildman–Crippen MR) is 98.0 cm³/mol. The second-order valence-corrected chi connectivity index (χ2v) is 7.14. The van der Waals surface area contributed by atoms with Gasteiger partial charge in [0.25, 0.3) is 0 Å². The second-order valence-electron chi connectivity index (χ2n) is 7.14. The number of pyridine rings is 1. The van der Waals surface area contributed by atoms with Crippen molar-refractivity contribution in [3.63, 3.8) is 0 Å². The fourth-order valence-electron chi connectivity index (χ4n) is 4.32. The SMILES string of the molecule is COc1cccc(NC(=O)N2[C@H]3CC[C@H]2CC(O)(c2cccnc2)C3)c1. The topological polar surface area (TPSA) is 74.7 Å². The van der Waals surface area contributed by atoms with Crippen LogP contribution in [0.3, 0.4) is 0 Å². The second kappa shape index (κ2) is 6.61. The Morgan fingerprint density at radius 3 is 2.69 bits per heavy atom. The van der Waals surface area contributed by atoms with E-state index in [9.17, 15) is 9.90 Å². The lowest BCUT2D eigenvalue weighted by molar-refractivity contribution is -0.0424. The summed E-state index contributed by atoms with van der Waals surface area (Å²) in [4.78, 5) is 18.9. The van der Waals surface area contributed by atoms with Crippen LogP contribution in [-0.2, 0) is 5.60 Å². The highest BCUT2D eigenvalue weighted by Crippen LogP contribution is 2.45. The maximum atomic E-state index is 12.9. The Kier molecular flexibility index (Phi) is 4.28. The Labute approximate surface area is 152 Å². The van der Waals surface area contributed by atoms with Gasteiger partial charge < -0.3 is 20.1 Å². The van der Waals surface area contributed by atoms with Gasteiger partial charge in [0.2, 0.25) is 0 Å². The van der Waals surface area contributed by atoms with Crippen LogP contribution in [0.25, 0.3) is 0 Å². The molecule has 2 atom stereocenters. The van der Waals surface area contributed by atoms with Gasteiger partial charge in [-0.1, -0.05) is 12.1 Å². The fourth-order valence-corrected chi connectivity index (χ4v) is 4.32. The third-order valence-corrected chi connectivity index (χ3v) is 5.52. The van der Waals surface area contributed by atoms with E-state index in [1.165, 1.54) is 0 Å². The summed E-state index contributed by atoms with van der Waals surface area (Å²) in [6, 6.07) is 11.0. The molecule has 26 heavy (non-hydrogen) atoms. The lowest BCUT2D eigenvalue weighted by Crippen LogP contribution is -2.53. The molecule has 2 amide bonds. The minimum Gasteiger partial charge on any atom is -0.497 e. The van der Waals surface area contributed by atoms with Crippen molar-refractivity contribution < 1.29 is 14.6 Å². The molecule has 2 bridgehead atoms. The van der Waals surface area contributed by atoms with Crippen molar-refractivity contribution >= 4 is 11.7 Å². The molecule has 1 aromatic heterocycles. The number of urea groups is 1. The van der Waals surface area contributed by atoms with Gasteiger partial charge >= 0.3 is 6.03 Å². The van der Waals surface area contributed by atoms with Gasteiger partial charge in [-0.2, -0.15) is 0 Å². The monoisotopic (exact) mass is 353 g/mol. The molecule has 4 rings (SSSR count). The molecule has 0 aliphatic carbocycles. The highest BCUT2D eigenvalue weighted by Gasteiger charge is 2.50. The van der Waals surface area contributed by atoms with Gasteiger partial charge in [0, 0.05) is 54.6 Å². The molecule has 6 heteroatoms. The summed E-state index contributed by atoms with van der Waals surface area (Å²) in [6.07, 6.45) is 6.35. The van der Waals surface area contributed by atoms with E-state index in [4.69, 9.17) is 4.74 Å². The van der Waals surface area contributed by atoms with Gasteiger partial charge in [0.15, 0.2) is 0 Å². The first-order chi connectivity index (χ1) is 12.6. The maximum absolute atomic E-state index is 12.9. The highest BCUT2D eigenvalue weighted by molar-refractivity contribution is 5.90. The molecule has 2 N–H and O–H groups in total. The van der Waals surface area contributed by atoms with Crippen LogP contribution in [0.5, 0.6) is 5.75 Å². The molecule has 0 saturated carbocycles. The number of ether oxygens (including phenoxy) is 1. The number of methoxy groups -OCH3 is 1. The first kappa shape index (κ1) is 16.8. The van der Waals surface area contributed by atoms with E-state index in [-0.39, 0.29) is 18.1 Å². The molecule has 136 valence electrons. The Balaban J connectivity index is 1.50. The van der Waals surface area contributed by atoms with Crippen LogP contribution in [-0.4, -0.2) is 40.2 Å². The Morgan fingerprint density at radius 1 is 1.27 bits per heavy atom. The van der Waals surface area contributed by atoms with E-state index in [0.29, 0.717) is 24.3 Å². The predicted octanol–water partition coefficient (Wildman–Crippen LogP) is 3.14. The number of aromatic nitrogens is 1. The van der Waals surface area contributed by atoms with Crippen molar-refractivity contribution in [3.05, 3.63) is 54.4 Å². The van der Waals surface area contributed by atoms with E-state index >= 15 is 0 Å². The molecule has 0 radical (unpaired) electrons. The molecule has 6 nitrogen and oxygen atoms in total. The van der Waals surface area contributed by atoms with Gasteiger partial charge in [0.1, 0.15) is 5.75 Å². The zero-order chi connectivity index (χ0) is 18.1. The van der Waals surface area contributed by atoms with Crippen molar-refractivity contribution in [3.8, 4) is 5.75 Å². The quantitative estimate of drug-likeness (QED) is 0.889. The summed E-state index contributed by atoms with van der Waals surface area (Å²) in [5, 5.41) is 14.1. The number of aliphatic hydroxyl groups is 1. The normalized spacial score (nSPS) is 27.2. The van der Waals surface area contributed by atoms with E-state index < -0.39 is 5.60 Å². The fraction of sp³-hybridized carbons (Fsp3) is 0.400. The number of hydrogen-bond donors (Lipinski definition) is 2. The minimum atomic E-state index is -0.910. The molecule has 0 spiro atoms. The smallest absolute Gasteiger partial charge is 0.322 e. The largest absolute Gasteiger partial charge is 0.497 e. The number of fused-ring (bicyclic) bond motifs is 2. The standard InChI is InChI=1S/C20H23N3O3/c1-26-18-6-2-5-15(10-18)22-19(24)23-16-7-8-17(23)12-20(25,11-16)14-4-3-9-21-13-14/h2-6,9-10,13,16-17,25H,7-8,11-12H2,1H3,(H,22,24)/t16-,17-/m0/s1. The number of carbonyl (C=O) groups is 1. The van der Waals surface area contributed by atoms with Crippen molar-refractivity contribution in [2.24, 2.45) is 0 Å². The summed E-state index contributed by atoms with van der Waals surface area (Å²) in [5.41, 5.74) is 0.638. The summed E-state index contributed by atoms with van der Waals surface area (Å²) in [6.45, 7) is 0. The molecular formula is C20H23N3O3. The van der Waals surface area contributed by atoms with Crippen molar-refractivity contribution in [1.82, 2.24) is 9.88 Å². The molecule has 1 aromatic carbocycles. The van der Waals surface area contributed by atoms with Crippen LogP contribution in [0.2, 0.25) is 0 Å². The average Bonchev–Trinajstić information content (AvgIpc) is 2.95. The molecule has 2 aliphatic heterocycles. The molecule has 3 heterocycles. The van der Waals surface area contributed by atoms with Crippen LogP contribution >= 0.6 is 0 Å². The Morgan fingerprint density at radius 2 is 2.04 bits per heavy atom. The van der Waals surface area contributed by atoms with Crippen LogP contribution in [0.4, 0.5) is 10.5 Å². The van der Waals surface area contributed by atoms with Crippen LogP contribution < -0.4 is 10.1 Å².